The van der Waals surface area contributed by atoms with Gasteiger partial charge in [0.05, 0.1) is 11.3 Å². The largest absolute Gasteiger partial charge is 0.452 e. The number of aryl methyl sites for hydroxylation is 2. The van der Waals surface area contributed by atoms with Crippen molar-refractivity contribution < 1.29 is 27.8 Å². The molecule has 132 valence electrons. The number of ether oxygens (including phenoxy) is 2. The van der Waals surface area contributed by atoms with Crippen molar-refractivity contribution in [2.75, 3.05) is 11.9 Å². The first-order valence-electron chi connectivity index (χ1n) is 7.44. The molecule has 0 aromatic heterocycles. The number of nitrogens with one attached hydrogen (secondary N) is 1. The fourth-order valence-electron chi connectivity index (χ4n) is 2.26. The van der Waals surface area contributed by atoms with Gasteiger partial charge in [-0.3, -0.25) is 4.79 Å². The quantitative estimate of drug-likeness (QED) is 0.808. The number of anilines is 1. The van der Waals surface area contributed by atoms with Crippen molar-refractivity contribution in [1.82, 2.24) is 0 Å². The molecule has 0 aliphatic rings. The Morgan fingerprint density at radius 2 is 1.72 bits per heavy atom. The van der Waals surface area contributed by atoms with Crippen molar-refractivity contribution in [3.05, 3.63) is 59.2 Å². The van der Waals surface area contributed by atoms with Crippen LogP contribution in [0.15, 0.2) is 42.5 Å². The molecule has 2 aromatic rings. The van der Waals surface area contributed by atoms with Crippen LogP contribution in [-0.4, -0.2) is 25.1 Å². The van der Waals surface area contributed by atoms with Crippen LogP contribution in [-0.2, 0) is 9.53 Å². The molecule has 0 heterocycles. The molecule has 2 aromatic carbocycles. The van der Waals surface area contributed by atoms with Crippen LogP contribution in [0.5, 0.6) is 5.75 Å². The van der Waals surface area contributed by atoms with Crippen LogP contribution < -0.4 is 10.1 Å². The number of benzene rings is 2. The first kappa shape index (κ1) is 18.4. The maximum atomic E-state index is 12.3. The molecule has 0 aliphatic carbocycles. The van der Waals surface area contributed by atoms with E-state index in [0.29, 0.717) is 5.56 Å². The van der Waals surface area contributed by atoms with E-state index in [1.54, 1.807) is 18.2 Å². The first-order chi connectivity index (χ1) is 11.8. The van der Waals surface area contributed by atoms with Gasteiger partial charge in [0.2, 0.25) is 0 Å². The van der Waals surface area contributed by atoms with E-state index in [1.165, 1.54) is 18.2 Å². The van der Waals surface area contributed by atoms with E-state index in [9.17, 15) is 18.4 Å². The molecule has 0 fully saturated rings. The van der Waals surface area contributed by atoms with Crippen molar-refractivity contribution >= 4 is 17.6 Å². The average molecular weight is 349 g/mol. The van der Waals surface area contributed by atoms with Gasteiger partial charge in [0, 0.05) is 0 Å². The summed E-state index contributed by atoms with van der Waals surface area (Å²) in [5, 5.41) is 2.37. The van der Waals surface area contributed by atoms with Crippen molar-refractivity contribution in [2.45, 2.75) is 20.5 Å². The molecule has 0 unspecified atom stereocenters. The summed E-state index contributed by atoms with van der Waals surface area (Å²) in [5.41, 5.74) is 2.20. The molecule has 25 heavy (non-hydrogen) atoms. The summed E-state index contributed by atoms with van der Waals surface area (Å²) >= 11 is 0. The summed E-state index contributed by atoms with van der Waals surface area (Å²) in [5.74, 6) is -1.48. The minimum Gasteiger partial charge on any atom is -0.452 e. The summed E-state index contributed by atoms with van der Waals surface area (Å²) in [6.07, 6.45) is 0. The Morgan fingerprint density at radius 1 is 1.08 bits per heavy atom. The second-order valence-electron chi connectivity index (χ2n) is 5.38. The predicted molar refractivity (Wildman–Crippen MR) is 87.9 cm³/mol. The minimum atomic E-state index is -3.01. The topological polar surface area (TPSA) is 64.6 Å². The van der Waals surface area contributed by atoms with Gasteiger partial charge in [0.1, 0.15) is 5.75 Å². The van der Waals surface area contributed by atoms with E-state index in [2.05, 4.69) is 10.1 Å². The number of para-hydroxylation sites is 2. The van der Waals surface area contributed by atoms with Gasteiger partial charge < -0.3 is 14.8 Å². The first-order valence-corrected chi connectivity index (χ1v) is 7.44. The van der Waals surface area contributed by atoms with Gasteiger partial charge in [0.15, 0.2) is 6.61 Å². The van der Waals surface area contributed by atoms with Gasteiger partial charge in [-0.05, 0) is 38.1 Å². The highest BCUT2D eigenvalue weighted by atomic mass is 19.3. The molecule has 0 saturated carbocycles. The zero-order valence-corrected chi connectivity index (χ0v) is 13.7. The fourth-order valence-corrected chi connectivity index (χ4v) is 2.26. The lowest BCUT2D eigenvalue weighted by Crippen LogP contribution is -2.21. The molecule has 0 spiro atoms. The van der Waals surface area contributed by atoms with Gasteiger partial charge in [-0.15, -0.1) is 0 Å². The number of esters is 1. The zero-order chi connectivity index (χ0) is 18.4. The molecular weight excluding hydrogens is 332 g/mol. The van der Waals surface area contributed by atoms with Crippen LogP contribution in [0.2, 0.25) is 0 Å². The number of rotatable bonds is 6. The molecular formula is C18H17F2NO4. The van der Waals surface area contributed by atoms with Crippen molar-refractivity contribution in [3.8, 4) is 5.75 Å². The lowest BCUT2D eigenvalue weighted by atomic mass is 10.1. The number of alkyl halides is 2. The third kappa shape index (κ3) is 5.56. The summed E-state index contributed by atoms with van der Waals surface area (Å²) in [4.78, 5) is 23.9. The predicted octanol–water partition coefficient (Wildman–Crippen LogP) is 3.70. The van der Waals surface area contributed by atoms with E-state index in [0.717, 1.165) is 11.1 Å². The Hall–Kier alpha value is -2.96. The average Bonchev–Trinajstić information content (AvgIpc) is 2.53. The van der Waals surface area contributed by atoms with Crippen molar-refractivity contribution in [3.63, 3.8) is 0 Å². The molecule has 1 N–H and O–H groups in total. The van der Waals surface area contributed by atoms with E-state index >= 15 is 0 Å². The SMILES string of the molecule is Cc1cc(C)cc(C(=O)OCC(=O)Nc2ccccc2OC(F)F)c1. The van der Waals surface area contributed by atoms with Gasteiger partial charge in [-0.1, -0.05) is 29.3 Å². The Kier molecular flexibility index (Phi) is 6.05. The maximum absolute atomic E-state index is 12.3. The van der Waals surface area contributed by atoms with Gasteiger partial charge >= 0.3 is 12.6 Å². The van der Waals surface area contributed by atoms with Crippen LogP contribution in [0.25, 0.3) is 0 Å². The van der Waals surface area contributed by atoms with Gasteiger partial charge in [0.25, 0.3) is 5.91 Å². The molecule has 0 saturated heterocycles. The lowest BCUT2D eigenvalue weighted by Gasteiger charge is -2.12. The monoisotopic (exact) mass is 349 g/mol. The van der Waals surface area contributed by atoms with E-state index < -0.39 is 25.1 Å². The molecule has 0 bridgehead atoms. The van der Waals surface area contributed by atoms with Crippen LogP contribution in [0, 0.1) is 13.8 Å². The maximum Gasteiger partial charge on any atom is 0.387 e. The lowest BCUT2D eigenvalue weighted by molar-refractivity contribution is -0.119. The molecule has 1 amide bonds. The van der Waals surface area contributed by atoms with E-state index in [4.69, 9.17) is 4.74 Å². The third-order valence-corrected chi connectivity index (χ3v) is 3.17. The smallest absolute Gasteiger partial charge is 0.387 e. The minimum absolute atomic E-state index is 0.0650. The molecule has 2 rings (SSSR count). The highest BCUT2D eigenvalue weighted by Gasteiger charge is 2.14. The Balaban J connectivity index is 1.96. The van der Waals surface area contributed by atoms with Crippen LogP contribution in [0.1, 0.15) is 21.5 Å². The highest BCUT2D eigenvalue weighted by molar-refractivity contribution is 5.96. The van der Waals surface area contributed by atoms with E-state index in [1.807, 2.05) is 19.9 Å². The second kappa shape index (κ2) is 8.23. The highest BCUT2D eigenvalue weighted by Crippen LogP contribution is 2.25. The second-order valence-corrected chi connectivity index (χ2v) is 5.38. The fraction of sp³-hybridized carbons (Fsp3) is 0.222. The molecule has 0 atom stereocenters. The van der Waals surface area contributed by atoms with Crippen molar-refractivity contribution in [1.29, 1.82) is 0 Å². The summed E-state index contributed by atoms with van der Waals surface area (Å²) in [7, 11) is 0. The van der Waals surface area contributed by atoms with Gasteiger partial charge in [-0.25, -0.2) is 4.79 Å². The van der Waals surface area contributed by atoms with E-state index in [-0.39, 0.29) is 11.4 Å². The molecule has 5 nitrogen and oxygen atoms in total. The summed E-state index contributed by atoms with van der Waals surface area (Å²) < 4.78 is 33.9. The third-order valence-electron chi connectivity index (χ3n) is 3.17. The Morgan fingerprint density at radius 3 is 2.36 bits per heavy atom. The van der Waals surface area contributed by atoms with Crippen LogP contribution in [0.3, 0.4) is 0 Å². The number of halogens is 2. The number of carbonyl (C=O) groups excluding carboxylic acids is 2. The standard InChI is InChI=1S/C18H17F2NO4/c1-11-7-12(2)9-13(8-11)17(23)24-10-16(22)21-14-5-3-4-6-15(14)25-18(19)20/h3-9,18H,10H2,1-2H3,(H,21,22). The van der Waals surface area contributed by atoms with Crippen molar-refractivity contribution in [2.24, 2.45) is 0 Å². The Bertz CT molecular complexity index is 757. The normalized spacial score (nSPS) is 10.4. The molecule has 0 radical (unpaired) electrons. The number of hydrogen-bond donors (Lipinski definition) is 1. The molecule has 0 aliphatic heterocycles. The number of amides is 1. The number of carbonyl (C=O) groups is 2. The van der Waals surface area contributed by atoms with Crippen LogP contribution in [0.4, 0.5) is 14.5 Å². The zero-order valence-electron chi connectivity index (χ0n) is 13.7. The molecule has 7 heteroatoms. The summed E-state index contributed by atoms with van der Waals surface area (Å²) in [6, 6.07) is 11.0. The number of hydrogen-bond acceptors (Lipinski definition) is 4. The summed E-state index contributed by atoms with van der Waals surface area (Å²) in [6.45, 7) is 0.127. The van der Waals surface area contributed by atoms with Gasteiger partial charge in [-0.2, -0.15) is 8.78 Å². The Labute approximate surface area is 143 Å². The van der Waals surface area contributed by atoms with Crippen LogP contribution >= 0.6 is 0 Å².